The molecule has 0 aliphatic heterocycles. The summed E-state index contributed by atoms with van der Waals surface area (Å²) in [5.74, 6) is -0.189. The third-order valence-electron chi connectivity index (χ3n) is 2.99. The minimum absolute atomic E-state index is 0.189. The van der Waals surface area contributed by atoms with Gasteiger partial charge in [-0.05, 0) is 53.2 Å². The van der Waals surface area contributed by atoms with Crippen LogP contribution in [0, 0.1) is 5.82 Å². The van der Waals surface area contributed by atoms with E-state index in [1.165, 1.54) is 11.6 Å². The maximum atomic E-state index is 13.3. The second-order valence-corrected chi connectivity index (χ2v) is 5.08. The van der Waals surface area contributed by atoms with E-state index in [2.05, 4.69) is 22.0 Å². The van der Waals surface area contributed by atoms with Gasteiger partial charge in [-0.1, -0.05) is 23.8 Å². The van der Waals surface area contributed by atoms with Gasteiger partial charge in [-0.15, -0.1) is 0 Å². The number of hydrogen-bond donors (Lipinski definition) is 1. The highest BCUT2D eigenvalue weighted by atomic mass is 79.9. The molecule has 2 rings (SSSR count). The van der Waals surface area contributed by atoms with Crippen LogP contribution in [0.1, 0.15) is 24.8 Å². The first-order valence-electron chi connectivity index (χ1n) is 5.53. The Hall–Kier alpha value is -0.670. The van der Waals surface area contributed by atoms with Crippen LogP contribution in [0.5, 0.6) is 0 Å². The lowest BCUT2D eigenvalue weighted by atomic mass is 9.92. The standard InChI is InChI=1S/C13H15BrFN/c14-13-10(2-1-3-12(13)15)8-9-4-6-11(16)7-5-9/h1-4,11H,5-8,16H2. The van der Waals surface area contributed by atoms with E-state index in [1.807, 2.05) is 6.07 Å². The quantitative estimate of drug-likeness (QED) is 0.825. The zero-order valence-electron chi connectivity index (χ0n) is 9.05. The largest absolute Gasteiger partial charge is 0.327 e. The van der Waals surface area contributed by atoms with Crippen LogP contribution < -0.4 is 5.73 Å². The van der Waals surface area contributed by atoms with Gasteiger partial charge in [0.05, 0.1) is 4.47 Å². The number of allylic oxidation sites excluding steroid dienone is 1. The van der Waals surface area contributed by atoms with Crippen molar-refractivity contribution in [2.75, 3.05) is 0 Å². The molecule has 0 saturated heterocycles. The maximum absolute atomic E-state index is 13.3. The van der Waals surface area contributed by atoms with E-state index >= 15 is 0 Å². The van der Waals surface area contributed by atoms with Gasteiger partial charge in [-0.3, -0.25) is 0 Å². The molecule has 1 aromatic rings. The zero-order chi connectivity index (χ0) is 11.5. The molecule has 1 aromatic carbocycles. The Kier molecular flexibility index (Phi) is 3.77. The Morgan fingerprint density at radius 1 is 1.44 bits per heavy atom. The summed E-state index contributed by atoms with van der Waals surface area (Å²) in [5.41, 5.74) is 8.21. The molecule has 0 fully saturated rings. The third-order valence-corrected chi connectivity index (χ3v) is 3.88. The van der Waals surface area contributed by atoms with Gasteiger partial charge in [0.2, 0.25) is 0 Å². The fourth-order valence-corrected chi connectivity index (χ4v) is 2.40. The molecule has 1 atom stereocenters. The second kappa shape index (κ2) is 5.11. The summed E-state index contributed by atoms with van der Waals surface area (Å²) in [6, 6.07) is 5.49. The normalized spacial score (nSPS) is 20.7. The van der Waals surface area contributed by atoms with Crippen LogP contribution in [-0.2, 0) is 6.42 Å². The predicted molar refractivity (Wildman–Crippen MR) is 67.7 cm³/mol. The first-order valence-corrected chi connectivity index (χ1v) is 6.32. The van der Waals surface area contributed by atoms with E-state index in [0.717, 1.165) is 31.2 Å². The van der Waals surface area contributed by atoms with Gasteiger partial charge in [0.25, 0.3) is 0 Å². The average Bonchev–Trinajstić information content (AvgIpc) is 2.28. The van der Waals surface area contributed by atoms with Crippen LogP contribution in [0.4, 0.5) is 4.39 Å². The van der Waals surface area contributed by atoms with Crippen LogP contribution in [0.3, 0.4) is 0 Å². The molecule has 0 radical (unpaired) electrons. The van der Waals surface area contributed by atoms with Crippen LogP contribution in [0.25, 0.3) is 0 Å². The number of halogens is 2. The van der Waals surface area contributed by atoms with E-state index in [0.29, 0.717) is 10.5 Å². The summed E-state index contributed by atoms with van der Waals surface area (Å²) >= 11 is 3.29. The lowest BCUT2D eigenvalue weighted by molar-refractivity contribution is 0.582. The summed E-state index contributed by atoms with van der Waals surface area (Å²) < 4.78 is 13.9. The van der Waals surface area contributed by atoms with Gasteiger partial charge in [0.15, 0.2) is 0 Å². The minimum atomic E-state index is -0.189. The second-order valence-electron chi connectivity index (χ2n) is 4.29. The van der Waals surface area contributed by atoms with Gasteiger partial charge in [0.1, 0.15) is 5.82 Å². The fraction of sp³-hybridized carbons (Fsp3) is 0.385. The molecule has 0 heterocycles. The van der Waals surface area contributed by atoms with E-state index in [4.69, 9.17) is 5.73 Å². The summed E-state index contributed by atoms with van der Waals surface area (Å²) in [6.07, 6.45) is 6.04. The SMILES string of the molecule is NC1CC=C(Cc2cccc(F)c2Br)CC1. The Labute approximate surface area is 104 Å². The molecule has 3 heteroatoms. The summed E-state index contributed by atoms with van der Waals surface area (Å²) in [4.78, 5) is 0. The van der Waals surface area contributed by atoms with E-state index in [9.17, 15) is 4.39 Å². The van der Waals surface area contributed by atoms with Crippen LogP contribution >= 0.6 is 15.9 Å². The molecule has 0 saturated carbocycles. The van der Waals surface area contributed by atoms with Crippen molar-refractivity contribution in [3.63, 3.8) is 0 Å². The first-order chi connectivity index (χ1) is 7.66. The van der Waals surface area contributed by atoms with Crippen molar-refractivity contribution in [2.24, 2.45) is 5.73 Å². The lowest BCUT2D eigenvalue weighted by Gasteiger charge is -2.18. The van der Waals surface area contributed by atoms with E-state index in [1.54, 1.807) is 6.07 Å². The summed E-state index contributed by atoms with van der Waals surface area (Å²) in [5, 5.41) is 0. The Bertz CT molecular complexity index is 414. The number of rotatable bonds is 2. The molecule has 0 bridgehead atoms. The smallest absolute Gasteiger partial charge is 0.137 e. The third kappa shape index (κ3) is 2.71. The van der Waals surface area contributed by atoms with Crippen molar-refractivity contribution in [3.8, 4) is 0 Å². The predicted octanol–water partition coefficient (Wildman–Crippen LogP) is 3.57. The minimum Gasteiger partial charge on any atom is -0.327 e. The maximum Gasteiger partial charge on any atom is 0.137 e. The van der Waals surface area contributed by atoms with Crippen molar-refractivity contribution >= 4 is 15.9 Å². The monoisotopic (exact) mass is 283 g/mol. The highest BCUT2D eigenvalue weighted by molar-refractivity contribution is 9.10. The van der Waals surface area contributed by atoms with Crippen molar-refractivity contribution in [2.45, 2.75) is 31.7 Å². The summed E-state index contributed by atoms with van der Waals surface area (Å²) in [7, 11) is 0. The highest BCUT2D eigenvalue weighted by Gasteiger charge is 2.12. The lowest BCUT2D eigenvalue weighted by Crippen LogP contribution is -2.22. The molecule has 1 aliphatic rings. The zero-order valence-corrected chi connectivity index (χ0v) is 10.6. The van der Waals surface area contributed by atoms with Crippen LogP contribution in [0.2, 0.25) is 0 Å². The molecule has 0 aromatic heterocycles. The van der Waals surface area contributed by atoms with Gasteiger partial charge in [-0.2, -0.15) is 0 Å². The molecule has 1 unspecified atom stereocenters. The topological polar surface area (TPSA) is 26.0 Å². The molecule has 1 aliphatic carbocycles. The Morgan fingerprint density at radius 2 is 2.25 bits per heavy atom. The first kappa shape index (κ1) is 11.8. The molecule has 1 nitrogen and oxygen atoms in total. The van der Waals surface area contributed by atoms with Gasteiger partial charge in [-0.25, -0.2) is 4.39 Å². The van der Waals surface area contributed by atoms with E-state index in [-0.39, 0.29) is 5.82 Å². The van der Waals surface area contributed by atoms with Gasteiger partial charge in [0, 0.05) is 6.04 Å². The van der Waals surface area contributed by atoms with Crippen LogP contribution in [-0.4, -0.2) is 6.04 Å². The molecule has 16 heavy (non-hydrogen) atoms. The van der Waals surface area contributed by atoms with Crippen molar-refractivity contribution in [1.29, 1.82) is 0 Å². The number of benzene rings is 1. The number of nitrogens with two attached hydrogens (primary N) is 1. The van der Waals surface area contributed by atoms with Gasteiger partial charge < -0.3 is 5.73 Å². The molecule has 2 N–H and O–H groups in total. The highest BCUT2D eigenvalue weighted by Crippen LogP contribution is 2.26. The van der Waals surface area contributed by atoms with Crippen molar-refractivity contribution in [1.82, 2.24) is 0 Å². The van der Waals surface area contributed by atoms with Crippen molar-refractivity contribution < 1.29 is 4.39 Å². The molecule has 86 valence electrons. The number of hydrogen-bond acceptors (Lipinski definition) is 1. The van der Waals surface area contributed by atoms with Crippen LogP contribution in [0.15, 0.2) is 34.3 Å². The molecular weight excluding hydrogens is 269 g/mol. The fourth-order valence-electron chi connectivity index (χ4n) is 2.00. The molecule has 0 spiro atoms. The molecular formula is C13H15BrFN. The van der Waals surface area contributed by atoms with Gasteiger partial charge >= 0.3 is 0 Å². The molecule has 0 amide bonds. The Balaban J connectivity index is 2.12. The summed E-state index contributed by atoms with van der Waals surface area (Å²) in [6.45, 7) is 0. The van der Waals surface area contributed by atoms with Crippen molar-refractivity contribution in [3.05, 3.63) is 45.7 Å². The Morgan fingerprint density at radius 3 is 2.94 bits per heavy atom. The average molecular weight is 284 g/mol. The van der Waals surface area contributed by atoms with E-state index < -0.39 is 0 Å².